The zero-order valence-corrected chi connectivity index (χ0v) is 22.6. The van der Waals surface area contributed by atoms with Crippen LogP contribution in [0, 0.1) is 0 Å². The summed E-state index contributed by atoms with van der Waals surface area (Å²) in [6.45, 7) is 12.1. The van der Waals surface area contributed by atoms with Crippen LogP contribution in [0.1, 0.15) is 43.5 Å². The molecule has 2 aliphatic heterocycles. The van der Waals surface area contributed by atoms with Crippen LogP contribution in [0.25, 0.3) is 5.70 Å². The van der Waals surface area contributed by atoms with Gasteiger partial charge in [0.2, 0.25) is 5.95 Å². The standard InChI is InChI=1S/C28H35N7OS/c1-5-36-25-8-6-7-23(15-25)31-28-30-16-22-17-34(18-26(22)32-28)24-10-12-35(19(2)13-24)20(3)21-9-11-29-27(14-21)33-37-4/h6-9,11,14-16,19,24H,3,5,10,12-13,17-18H2,1-2,4H3,(H,29,33)(H,30,31,32)/t19-,24-/m1/s1. The minimum absolute atomic E-state index is 0.404. The highest BCUT2D eigenvalue weighted by Gasteiger charge is 2.33. The fourth-order valence-corrected chi connectivity index (χ4v) is 5.59. The summed E-state index contributed by atoms with van der Waals surface area (Å²) in [5.74, 6) is 2.32. The third-order valence-electron chi connectivity index (χ3n) is 7.09. The molecule has 2 N–H and O–H groups in total. The molecule has 194 valence electrons. The molecule has 5 rings (SSSR count). The molecule has 37 heavy (non-hydrogen) atoms. The molecule has 0 radical (unpaired) electrons. The zero-order valence-electron chi connectivity index (χ0n) is 21.8. The average molecular weight is 518 g/mol. The number of ether oxygens (including phenoxy) is 1. The van der Waals surface area contributed by atoms with Crippen LogP contribution in [0.15, 0.2) is 55.4 Å². The largest absolute Gasteiger partial charge is 0.494 e. The van der Waals surface area contributed by atoms with Crippen LogP contribution in [0.4, 0.5) is 17.5 Å². The molecular weight excluding hydrogens is 482 g/mol. The van der Waals surface area contributed by atoms with E-state index < -0.39 is 0 Å². The molecule has 1 aromatic carbocycles. The van der Waals surface area contributed by atoms with E-state index in [1.165, 1.54) is 5.56 Å². The summed E-state index contributed by atoms with van der Waals surface area (Å²) in [5.41, 5.74) is 5.44. The lowest BCUT2D eigenvalue weighted by atomic mass is 9.95. The molecule has 2 atom stereocenters. The summed E-state index contributed by atoms with van der Waals surface area (Å²) in [4.78, 5) is 18.8. The van der Waals surface area contributed by atoms with Gasteiger partial charge >= 0.3 is 0 Å². The predicted molar refractivity (Wildman–Crippen MR) is 152 cm³/mol. The van der Waals surface area contributed by atoms with E-state index in [0.29, 0.717) is 24.6 Å². The Morgan fingerprint density at radius 3 is 2.92 bits per heavy atom. The minimum atomic E-state index is 0.404. The molecule has 1 saturated heterocycles. The highest BCUT2D eigenvalue weighted by Crippen LogP contribution is 2.33. The molecule has 0 aliphatic carbocycles. The van der Waals surface area contributed by atoms with Gasteiger partial charge in [0.1, 0.15) is 11.6 Å². The Labute approximate surface area is 223 Å². The Bertz CT molecular complexity index is 1250. The second-order valence-corrected chi connectivity index (χ2v) is 10.2. The fraction of sp³-hybridized carbons (Fsp3) is 0.393. The normalized spacial score (nSPS) is 19.4. The third-order valence-corrected chi connectivity index (χ3v) is 7.51. The Balaban J connectivity index is 1.20. The Hall–Kier alpha value is -3.30. The van der Waals surface area contributed by atoms with Gasteiger partial charge < -0.3 is 19.7 Å². The minimum Gasteiger partial charge on any atom is -0.494 e. The number of nitrogens with one attached hydrogen (secondary N) is 2. The second kappa shape index (κ2) is 11.4. The molecular formula is C28H35N7OS. The predicted octanol–water partition coefficient (Wildman–Crippen LogP) is 5.54. The van der Waals surface area contributed by atoms with E-state index in [0.717, 1.165) is 66.7 Å². The van der Waals surface area contributed by atoms with Gasteiger partial charge in [0.25, 0.3) is 0 Å². The molecule has 0 bridgehead atoms. The zero-order chi connectivity index (χ0) is 25.8. The van der Waals surface area contributed by atoms with E-state index in [-0.39, 0.29) is 0 Å². The third kappa shape index (κ3) is 5.83. The summed E-state index contributed by atoms with van der Waals surface area (Å²) in [7, 11) is 0. The second-order valence-electron chi connectivity index (χ2n) is 9.56. The maximum Gasteiger partial charge on any atom is 0.227 e. The number of anilines is 3. The molecule has 1 fully saturated rings. The van der Waals surface area contributed by atoms with Gasteiger partial charge in [-0.1, -0.05) is 24.6 Å². The molecule has 9 heteroatoms. The smallest absolute Gasteiger partial charge is 0.227 e. The molecule has 0 spiro atoms. The van der Waals surface area contributed by atoms with Crippen molar-refractivity contribution in [2.75, 3.05) is 29.4 Å². The number of hydrogen-bond acceptors (Lipinski definition) is 9. The number of pyridine rings is 1. The van der Waals surface area contributed by atoms with Crippen molar-refractivity contribution in [2.24, 2.45) is 0 Å². The lowest BCUT2D eigenvalue weighted by Gasteiger charge is -2.43. The van der Waals surface area contributed by atoms with E-state index in [9.17, 15) is 0 Å². The van der Waals surface area contributed by atoms with E-state index >= 15 is 0 Å². The maximum absolute atomic E-state index is 5.61. The summed E-state index contributed by atoms with van der Waals surface area (Å²) in [5, 5.41) is 3.33. The van der Waals surface area contributed by atoms with Crippen molar-refractivity contribution in [3.05, 3.63) is 72.2 Å². The number of nitrogens with zero attached hydrogens (tertiary/aromatic N) is 5. The molecule has 2 aliphatic rings. The first-order valence-electron chi connectivity index (χ1n) is 12.8. The lowest BCUT2D eigenvalue weighted by molar-refractivity contribution is 0.102. The molecule has 2 aromatic heterocycles. The summed E-state index contributed by atoms with van der Waals surface area (Å²) in [6.07, 6.45) is 8.01. The monoisotopic (exact) mass is 517 g/mol. The van der Waals surface area contributed by atoms with Gasteiger partial charge in [-0.05, 0) is 51.0 Å². The van der Waals surface area contributed by atoms with Gasteiger partial charge in [-0.2, -0.15) is 0 Å². The van der Waals surface area contributed by atoms with Crippen LogP contribution >= 0.6 is 11.9 Å². The molecule has 4 heterocycles. The van der Waals surface area contributed by atoms with Crippen LogP contribution in [-0.2, 0) is 13.1 Å². The first-order chi connectivity index (χ1) is 18.0. The van der Waals surface area contributed by atoms with Crippen LogP contribution in [0.3, 0.4) is 0 Å². The Kier molecular flexibility index (Phi) is 7.81. The van der Waals surface area contributed by atoms with Crippen molar-refractivity contribution < 1.29 is 4.74 Å². The summed E-state index contributed by atoms with van der Waals surface area (Å²) in [6, 6.07) is 12.9. The van der Waals surface area contributed by atoms with Gasteiger partial charge in [0.05, 0.1) is 12.3 Å². The quantitative estimate of drug-likeness (QED) is 0.356. The van der Waals surface area contributed by atoms with Gasteiger partial charge in [0.15, 0.2) is 0 Å². The molecule has 3 aromatic rings. The molecule has 8 nitrogen and oxygen atoms in total. The average Bonchev–Trinajstić information content (AvgIpc) is 3.33. The van der Waals surface area contributed by atoms with Crippen molar-refractivity contribution in [1.29, 1.82) is 0 Å². The Morgan fingerprint density at radius 2 is 2.11 bits per heavy atom. The van der Waals surface area contributed by atoms with Crippen molar-refractivity contribution >= 4 is 35.1 Å². The number of piperidine rings is 1. The molecule has 0 amide bonds. The molecule has 0 saturated carbocycles. The number of rotatable bonds is 9. The highest BCUT2D eigenvalue weighted by molar-refractivity contribution is 7.99. The van der Waals surface area contributed by atoms with E-state index in [1.807, 2.05) is 55.9 Å². The van der Waals surface area contributed by atoms with Crippen LogP contribution in [0.5, 0.6) is 5.75 Å². The van der Waals surface area contributed by atoms with Gasteiger partial charge in [-0.25, -0.2) is 15.0 Å². The lowest BCUT2D eigenvalue weighted by Crippen LogP contribution is -2.46. The SMILES string of the molecule is C=C(c1ccnc(NSC)c1)N1CC[C@@H](N2Cc3cnc(Nc4cccc(OCC)c4)nc3C2)C[C@H]1C. The fourth-order valence-electron chi connectivity index (χ4n) is 5.27. The van der Waals surface area contributed by atoms with Crippen molar-refractivity contribution in [2.45, 2.75) is 51.9 Å². The number of aromatic nitrogens is 3. The number of fused-ring (bicyclic) bond motifs is 1. The van der Waals surface area contributed by atoms with Crippen LogP contribution < -0.4 is 14.8 Å². The number of benzene rings is 1. The topological polar surface area (TPSA) is 78.4 Å². The first kappa shape index (κ1) is 25.4. The number of hydrogen-bond donors (Lipinski definition) is 2. The first-order valence-corrected chi connectivity index (χ1v) is 14.1. The van der Waals surface area contributed by atoms with E-state index in [2.05, 4.69) is 49.4 Å². The van der Waals surface area contributed by atoms with Gasteiger partial charge in [-0.3, -0.25) is 4.90 Å². The van der Waals surface area contributed by atoms with Crippen molar-refractivity contribution in [1.82, 2.24) is 24.8 Å². The summed E-state index contributed by atoms with van der Waals surface area (Å²) < 4.78 is 8.82. The highest BCUT2D eigenvalue weighted by atomic mass is 32.2. The summed E-state index contributed by atoms with van der Waals surface area (Å²) >= 11 is 1.54. The van der Waals surface area contributed by atoms with E-state index in [4.69, 9.17) is 9.72 Å². The van der Waals surface area contributed by atoms with Crippen molar-refractivity contribution in [3.63, 3.8) is 0 Å². The van der Waals surface area contributed by atoms with Crippen LogP contribution in [-0.4, -0.2) is 56.2 Å². The van der Waals surface area contributed by atoms with Crippen molar-refractivity contribution in [3.8, 4) is 5.75 Å². The molecule has 0 unspecified atom stereocenters. The number of likely N-dealkylation sites (tertiary alicyclic amines) is 1. The Morgan fingerprint density at radius 1 is 1.22 bits per heavy atom. The van der Waals surface area contributed by atoms with Crippen LogP contribution in [0.2, 0.25) is 0 Å². The van der Waals surface area contributed by atoms with Gasteiger partial charge in [-0.15, -0.1) is 0 Å². The van der Waals surface area contributed by atoms with E-state index in [1.54, 1.807) is 11.9 Å². The maximum atomic E-state index is 5.61. The van der Waals surface area contributed by atoms with Gasteiger partial charge in [0, 0.05) is 78.9 Å².